The van der Waals surface area contributed by atoms with Gasteiger partial charge in [0.1, 0.15) is 17.2 Å². The van der Waals surface area contributed by atoms with Gasteiger partial charge in [-0.3, -0.25) is 0 Å². The number of ether oxygens (including phenoxy) is 2. The van der Waals surface area contributed by atoms with E-state index in [1.54, 1.807) is 12.1 Å². The average Bonchev–Trinajstić information content (AvgIpc) is 2.40. The quantitative estimate of drug-likeness (QED) is 0.789. The molecule has 0 aliphatic carbocycles. The molecule has 0 N–H and O–H groups in total. The molecule has 2 nitrogen and oxygen atoms in total. The summed E-state index contributed by atoms with van der Waals surface area (Å²) in [6.07, 6.45) is -2.73. The van der Waals surface area contributed by atoms with Crippen molar-refractivity contribution in [2.75, 3.05) is 0 Å². The molecule has 0 fully saturated rings. The van der Waals surface area contributed by atoms with Gasteiger partial charge in [-0.2, -0.15) is 0 Å². The van der Waals surface area contributed by atoms with E-state index in [4.69, 9.17) is 4.74 Å². The van der Waals surface area contributed by atoms with E-state index in [1.807, 2.05) is 25.5 Å². The van der Waals surface area contributed by atoms with Crippen molar-refractivity contribution in [3.05, 3.63) is 60.5 Å². The van der Waals surface area contributed by atoms with Crippen molar-refractivity contribution in [2.24, 2.45) is 0 Å². The molecule has 0 saturated carbocycles. The molecule has 0 spiro atoms. The van der Waals surface area contributed by atoms with Crippen LogP contribution in [0.5, 0.6) is 17.2 Å². The Morgan fingerprint density at radius 2 is 1.25 bits per heavy atom. The zero-order valence-electron chi connectivity index (χ0n) is 10.6. The highest BCUT2D eigenvalue weighted by atomic mass is 19.4. The molecule has 1 radical (unpaired) electrons. The van der Waals surface area contributed by atoms with Crippen LogP contribution in [0.15, 0.2) is 48.5 Å². The fourth-order valence-corrected chi connectivity index (χ4v) is 1.57. The first kappa shape index (κ1) is 14.2. The predicted octanol–water partition coefficient (Wildman–Crippen LogP) is 4.95. The van der Waals surface area contributed by atoms with E-state index in [-0.39, 0.29) is 5.75 Å². The number of hydrogen-bond donors (Lipinski definition) is 0. The lowest BCUT2D eigenvalue weighted by molar-refractivity contribution is -0.274. The summed E-state index contributed by atoms with van der Waals surface area (Å²) in [6, 6.07) is 12.6. The average molecular weight is 281 g/mol. The van der Waals surface area contributed by atoms with Crippen molar-refractivity contribution in [1.29, 1.82) is 0 Å². The zero-order valence-corrected chi connectivity index (χ0v) is 10.6. The molecule has 20 heavy (non-hydrogen) atoms. The topological polar surface area (TPSA) is 18.5 Å². The van der Waals surface area contributed by atoms with Crippen LogP contribution in [0.4, 0.5) is 13.2 Å². The van der Waals surface area contributed by atoms with Gasteiger partial charge < -0.3 is 9.47 Å². The van der Waals surface area contributed by atoms with Crippen LogP contribution in [0.25, 0.3) is 0 Å². The normalized spacial score (nSPS) is 11.2. The minimum atomic E-state index is -4.69. The van der Waals surface area contributed by atoms with Crippen LogP contribution in [-0.4, -0.2) is 6.36 Å². The Bertz CT molecular complexity index is 545. The van der Waals surface area contributed by atoms with Crippen LogP contribution < -0.4 is 9.47 Å². The molecule has 0 unspecified atom stereocenters. The van der Waals surface area contributed by atoms with Crippen molar-refractivity contribution < 1.29 is 22.6 Å². The number of alkyl halides is 3. The third-order valence-electron chi connectivity index (χ3n) is 2.51. The smallest absolute Gasteiger partial charge is 0.457 e. The van der Waals surface area contributed by atoms with Gasteiger partial charge in [0.2, 0.25) is 0 Å². The Kier molecular flexibility index (Phi) is 4.17. The molecular weight excluding hydrogens is 269 g/mol. The minimum Gasteiger partial charge on any atom is -0.457 e. The van der Waals surface area contributed by atoms with Crippen molar-refractivity contribution in [3.63, 3.8) is 0 Å². The molecule has 2 rings (SSSR count). The second kappa shape index (κ2) is 5.86. The lowest BCUT2D eigenvalue weighted by atomic mass is 10.2. The molecule has 0 heterocycles. The monoisotopic (exact) mass is 281 g/mol. The van der Waals surface area contributed by atoms with Crippen LogP contribution in [0.1, 0.15) is 12.5 Å². The summed E-state index contributed by atoms with van der Waals surface area (Å²) < 4.78 is 45.3. The Hall–Kier alpha value is -2.17. The molecule has 5 heteroatoms. The molecule has 2 aromatic rings. The Morgan fingerprint density at radius 1 is 0.800 bits per heavy atom. The minimum absolute atomic E-state index is 0.277. The highest BCUT2D eigenvalue weighted by Gasteiger charge is 2.30. The highest BCUT2D eigenvalue weighted by molar-refractivity contribution is 5.37. The summed E-state index contributed by atoms with van der Waals surface area (Å²) >= 11 is 0. The van der Waals surface area contributed by atoms with Crippen molar-refractivity contribution >= 4 is 0 Å². The van der Waals surface area contributed by atoms with E-state index in [9.17, 15) is 13.2 Å². The summed E-state index contributed by atoms with van der Waals surface area (Å²) in [7, 11) is 0. The summed E-state index contributed by atoms with van der Waals surface area (Å²) in [4.78, 5) is 0. The van der Waals surface area contributed by atoms with E-state index in [2.05, 4.69) is 4.74 Å². The lowest BCUT2D eigenvalue weighted by Crippen LogP contribution is -2.16. The summed E-state index contributed by atoms with van der Waals surface area (Å²) in [5, 5.41) is 0. The van der Waals surface area contributed by atoms with Crippen LogP contribution in [0.2, 0.25) is 0 Å². The first-order valence-corrected chi connectivity index (χ1v) is 5.89. The molecule has 105 valence electrons. The van der Waals surface area contributed by atoms with E-state index < -0.39 is 6.36 Å². The van der Waals surface area contributed by atoms with Gasteiger partial charge in [-0.25, -0.2) is 0 Å². The molecule has 0 aliphatic rings. The maximum absolute atomic E-state index is 12.0. The molecule has 0 aromatic heterocycles. The summed E-state index contributed by atoms with van der Waals surface area (Å²) in [5.74, 6) is 0.772. The van der Waals surface area contributed by atoms with Crippen LogP contribution in [0.3, 0.4) is 0 Å². The van der Waals surface area contributed by atoms with Gasteiger partial charge in [0, 0.05) is 0 Å². The summed E-state index contributed by atoms with van der Waals surface area (Å²) in [6.45, 7) is 1.93. The molecule has 0 atom stereocenters. The standard InChI is InChI=1S/C15H12F3O2/c1-2-11-3-5-12(6-4-11)19-13-7-9-14(10-8-13)20-15(16,17)18/h2-10H,1H3. The SMILES string of the molecule is C[CH]c1ccc(Oc2ccc(OC(F)(F)F)cc2)cc1. The third-order valence-corrected chi connectivity index (χ3v) is 2.51. The first-order chi connectivity index (χ1) is 9.46. The van der Waals surface area contributed by atoms with E-state index in [1.165, 1.54) is 24.3 Å². The van der Waals surface area contributed by atoms with Gasteiger partial charge in [-0.1, -0.05) is 19.1 Å². The van der Waals surface area contributed by atoms with Crippen LogP contribution in [0, 0.1) is 6.42 Å². The first-order valence-electron chi connectivity index (χ1n) is 5.89. The van der Waals surface area contributed by atoms with Crippen LogP contribution in [-0.2, 0) is 0 Å². The van der Waals surface area contributed by atoms with Gasteiger partial charge in [-0.05, 0) is 48.4 Å². The largest absolute Gasteiger partial charge is 0.573 e. The van der Waals surface area contributed by atoms with Gasteiger partial charge in [0.15, 0.2) is 0 Å². The van der Waals surface area contributed by atoms with Gasteiger partial charge in [-0.15, -0.1) is 13.2 Å². The maximum atomic E-state index is 12.0. The Morgan fingerprint density at radius 3 is 1.70 bits per heavy atom. The highest BCUT2D eigenvalue weighted by Crippen LogP contribution is 2.27. The number of hydrogen-bond acceptors (Lipinski definition) is 2. The third kappa shape index (κ3) is 4.19. The summed E-state index contributed by atoms with van der Waals surface area (Å²) in [5.41, 5.74) is 1.06. The van der Waals surface area contributed by atoms with E-state index in [0.29, 0.717) is 11.5 Å². The Balaban J connectivity index is 2.02. The van der Waals surface area contributed by atoms with E-state index in [0.717, 1.165) is 5.56 Å². The fourth-order valence-electron chi connectivity index (χ4n) is 1.57. The van der Waals surface area contributed by atoms with Crippen molar-refractivity contribution in [3.8, 4) is 17.2 Å². The van der Waals surface area contributed by atoms with Crippen LogP contribution >= 0.6 is 0 Å². The van der Waals surface area contributed by atoms with E-state index >= 15 is 0 Å². The lowest BCUT2D eigenvalue weighted by Gasteiger charge is -2.10. The molecule has 0 amide bonds. The zero-order chi connectivity index (χ0) is 14.6. The molecule has 0 aliphatic heterocycles. The second-order valence-electron chi connectivity index (χ2n) is 3.98. The van der Waals surface area contributed by atoms with Gasteiger partial charge in [0.25, 0.3) is 0 Å². The van der Waals surface area contributed by atoms with Crippen molar-refractivity contribution in [2.45, 2.75) is 13.3 Å². The second-order valence-corrected chi connectivity index (χ2v) is 3.98. The predicted molar refractivity (Wildman–Crippen MR) is 68.7 cm³/mol. The molecular formula is C15H12F3O2. The molecule has 0 bridgehead atoms. The number of halogens is 3. The van der Waals surface area contributed by atoms with Gasteiger partial charge in [0.05, 0.1) is 0 Å². The molecule has 0 saturated heterocycles. The maximum Gasteiger partial charge on any atom is 0.573 e. The Labute approximate surface area is 114 Å². The fraction of sp³-hybridized carbons (Fsp3) is 0.133. The number of benzene rings is 2. The molecule has 2 aromatic carbocycles. The van der Waals surface area contributed by atoms with Gasteiger partial charge >= 0.3 is 6.36 Å². The van der Waals surface area contributed by atoms with Crippen molar-refractivity contribution in [1.82, 2.24) is 0 Å². The number of rotatable bonds is 4.